The summed E-state index contributed by atoms with van der Waals surface area (Å²) in [5.41, 5.74) is -0.551. The maximum absolute atomic E-state index is 11.7. The molecule has 0 bridgehead atoms. The van der Waals surface area contributed by atoms with Gasteiger partial charge in [-0.2, -0.15) is 0 Å². The van der Waals surface area contributed by atoms with Gasteiger partial charge in [0.1, 0.15) is 5.60 Å². The zero-order valence-corrected chi connectivity index (χ0v) is 19.1. The van der Waals surface area contributed by atoms with E-state index in [1.807, 2.05) is 13.8 Å². The third-order valence-corrected chi connectivity index (χ3v) is 3.03. The van der Waals surface area contributed by atoms with Gasteiger partial charge in [-0.1, -0.05) is 67.7 Å². The van der Waals surface area contributed by atoms with Crippen LogP contribution in [0, 0.1) is 5.92 Å². The van der Waals surface area contributed by atoms with E-state index in [4.69, 9.17) is 9.84 Å². The molecule has 5 nitrogen and oxygen atoms in total. The molecule has 5 heteroatoms. The van der Waals surface area contributed by atoms with E-state index in [-0.39, 0.29) is 6.61 Å². The molecular formula is C21H47NO4. The van der Waals surface area contributed by atoms with Gasteiger partial charge in [-0.15, -0.1) is 0 Å². The molecule has 160 valence electrons. The lowest BCUT2D eigenvalue weighted by molar-refractivity contribution is 0.00661. The fourth-order valence-corrected chi connectivity index (χ4v) is 1.96. The molecule has 1 aliphatic rings. The van der Waals surface area contributed by atoms with Crippen LogP contribution in [0.4, 0.5) is 4.79 Å². The minimum absolute atomic E-state index is 0.236. The maximum atomic E-state index is 11.7. The highest BCUT2D eigenvalue weighted by Crippen LogP contribution is 2.20. The summed E-state index contributed by atoms with van der Waals surface area (Å²) < 4.78 is 5.17. The van der Waals surface area contributed by atoms with Gasteiger partial charge >= 0.3 is 6.09 Å². The molecule has 1 saturated heterocycles. The van der Waals surface area contributed by atoms with Crippen molar-refractivity contribution in [1.29, 1.82) is 0 Å². The monoisotopic (exact) mass is 377 g/mol. The van der Waals surface area contributed by atoms with E-state index in [2.05, 4.69) is 34.6 Å². The summed E-state index contributed by atoms with van der Waals surface area (Å²) >= 11 is 0. The number of unbranched alkanes of at least 4 members (excludes halogenated alkanes) is 2. The molecule has 0 saturated carbocycles. The lowest BCUT2D eigenvalue weighted by atomic mass is 10.2. The van der Waals surface area contributed by atoms with Crippen LogP contribution in [0.2, 0.25) is 0 Å². The summed E-state index contributed by atoms with van der Waals surface area (Å²) in [4.78, 5) is 13.0. The highest BCUT2D eigenvalue weighted by atomic mass is 16.6. The third-order valence-electron chi connectivity index (χ3n) is 3.03. The SMILES string of the molecule is CC.CC(C)(C)OC(=O)N1CCC(O)C1CO.CC(C)C.CCCCC. The first-order valence-electron chi connectivity index (χ1n) is 10.3. The molecule has 26 heavy (non-hydrogen) atoms. The summed E-state index contributed by atoms with van der Waals surface area (Å²) in [5.74, 6) is 0.833. The molecule has 0 aromatic carbocycles. The van der Waals surface area contributed by atoms with Gasteiger partial charge in [-0.3, -0.25) is 0 Å². The third kappa shape index (κ3) is 18.0. The Kier molecular flexibility index (Phi) is 20.3. The zero-order valence-electron chi connectivity index (χ0n) is 19.1. The number of nitrogens with zero attached hydrogens (tertiary/aromatic N) is 1. The van der Waals surface area contributed by atoms with Crippen molar-refractivity contribution in [3.63, 3.8) is 0 Å². The second-order valence-electron chi connectivity index (χ2n) is 7.87. The van der Waals surface area contributed by atoms with Crippen LogP contribution in [0.15, 0.2) is 0 Å². The summed E-state index contributed by atoms with van der Waals surface area (Å²) in [6.07, 6.45) is 3.44. The Morgan fingerprint density at radius 2 is 1.58 bits per heavy atom. The summed E-state index contributed by atoms with van der Waals surface area (Å²) in [7, 11) is 0. The normalized spacial score (nSPS) is 18.7. The molecule has 0 aromatic rings. The Bertz CT molecular complexity index is 309. The molecule has 1 heterocycles. The van der Waals surface area contributed by atoms with Crippen LogP contribution in [0.25, 0.3) is 0 Å². The molecule has 1 rings (SSSR count). The molecule has 2 unspecified atom stereocenters. The number of hydrogen-bond acceptors (Lipinski definition) is 4. The van der Waals surface area contributed by atoms with E-state index < -0.39 is 23.8 Å². The minimum Gasteiger partial charge on any atom is -0.444 e. The highest BCUT2D eigenvalue weighted by Gasteiger charge is 2.37. The number of likely N-dealkylation sites (tertiary alicyclic amines) is 1. The zero-order chi connectivity index (χ0) is 21.3. The van der Waals surface area contributed by atoms with Gasteiger partial charge in [-0.05, 0) is 33.1 Å². The molecule has 1 fully saturated rings. The van der Waals surface area contributed by atoms with Crippen molar-refractivity contribution in [2.45, 2.75) is 113 Å². The molecule has 1 amide bonds. The molecule has 2 N–H and O–H groups in total. The Hall–Kier alpha value is -0.810. The van der Waals surface area contributed by atoms with Crippen LogP contribution in [0.5, 0.6) is 0 Å². The van der Waals surface area contributed by atoms with Gasteiger partial charge in [0.05, 0.1) is 18.8 Å². The minimum atomic E-state index is -0.650. The Morgan fingerprint density at radius 1 is 1.15 bits per heavy atom. The molecule has 0 aliphatic carbocycles. The number of rotatable bonds is 3. The van der Waals surface area contributed by atoms with E-state index in [0.717, 1.165) is 5.92 Å². The Labute approximate surface area is 163 Å². The van der Waals surface area contributed by atoms with Crippen molar-refractivity contribution < 1.29 is 19.7 Å². The average Bonchev–Trinajstić information content (AvgIpc) is 2.89. The van der Waals surface area contributed by atoms with Crippen molar-refractivity contribution in [2.75, 3.05) is 13.2 Å². The van der Waals surface area contributed by atoms with Crippen LogP contribution in [-0.4, -0.2) is 52.1 Å². The van der Waals surface area contributed by atoms with Crippen LogP contribution in [0.3, 0.4) is 0 Å². The van der Waals surface area contributed by atoms with Gasteiger partial charge in [0.15, 0.2) is 0 Å². The predicted molar refractivity (Wildman–Crippen MR) is 111 cm³/mol. The van der Waals surface area contributed by atoms with Crippen molar-refractivity contribution in [2.24, 2.45) is 5.92 Å². The number of aliphatic hydroxyl groups is 2. The standard InChI is InChI=1S/C10H19NO4.C5H12.C4H10.C2H6/c1-10(2,3)15-9(14)11-5-4-8(13)7(11)6-12;1-3-5-4-2;1-4(2)3;1-2/h7-8,12-13H,4-6H2,1-3H3;3-5H2,1-2H3;4H,1-3H3;1-2H3. The van der Waals surface area contributed by atoms with E-state index in [1.54, 1.807) is 20.8 Å². The van der Waals surface area contributed by atoms with E-state index in [1.165, 1.54) is 24.2 Å². The summed E-state index contributed by atoms with van der Waals surface area (Å²) in [6.45, 7) is 20.5. The van der Waals surface area contributed by atoms with Crippen LogP contribution >= 0.6 is 0 Å². The van der Waals surface area contributed by atoms with Gasteiger partial charge in [0.2, 0.25) is 0 Å². The maximum Gasteiger partial charge on any atom is 0.410 e. The average molecular weight is 378 g/mol. The van der Waals surface area contributed by atoms with Crippen molar-refractivity contribution in [3.05, 3.63) is 0 Å². The Morgan fingerprint density at radius 3 is 1.85 bits per heavy atom. The van der Waals surface area contributed by atoms with Crippen molar-refractivity contribution in [1.82, 2.24) is 4.90 Å². The van der Waals surface area contributed by atoms with Crippen LogP contribution < -0.4 is 0 Å². The van der Waals surface area contributed by atoms with E-state index in [0.29, 0.717) is 13.0 Å². The second kappa shape index (κ2) is 17.6. The smallest absolute Gasteiger partial charge is 0.410 e. The number of ether oxygens (including phenoxy) is 1. The Balaban J connectivity index is -0.000000398. The first kappa shape index (κ1) is 29.9. The largest absolute Gasteiger partial charge is 0.444 e. The van der Waals surface area contributed by atoms with E-state index >= 15 is 0 Å². The number of carbonyl (C=O) groups excluding carboxylic acids is 1. The quantitative estimate of drug-likeness (QED) is 0.706. The van der Waals surface area contributed by atoms with E-state index in [9.17, 15) is 9.90 Å². The predicted octanol–water partition coefficient (Wildman–Crippen LogP) is 5.23. The topological polar surface area (TPSA) is 70.0 Å². The van der Waals surface area contributed by atoms with Crippen molar-refractivity contribution in [3.8, 4) is 0 Å². The molecule has 1 aliphatic heterocycles. The molecule has 0 radical (unpaired) electrons. The molecule has 0 aromatic heterocycles. The van der Waals surface area contributed by atoms with Crippen molar-refractivity contribution >= 4 is 6.09 Å². The lowest BCUT2D eigenvalue weighted by Gasteiger charge is -2.28. The van der Waals surface area contributed by atoms with Crippen LogP contribution in [0.1, 0.15) is 94.9 Å². The summed E-state index contributed by atoms with van der Waals surface area (Å²) in [5, 5.41) is 18.5. The number of carbonyl (C=O) groups is 1. The second-order valence-corrected chi connectivity index (χ2v) is 7.87. The van der Waals surface area contributed by atoms with Gasteiger partial charge in [0, 0.05) is 6.54 Å². The number of amides is 1. The number of hydrogen-bond donors (Lipinski definition) is 2. The summed E-state index contributed by atoms with van der Waals surface area (Å²) in [6, 6.07) is -0.528. The van der Waals surface area contributed by atoms with Gasteiger partial charge in [-0.25, -0.2) is 4.79 Å². The lowest BCUT2D eigenvalue weighted by Crippen LogP contribution is -2.44. The van der Waals surface area contributed by atoms with Gasteiger partial charge in [0.25, 0.3) is 0 Å². The first-order valence-corrected chi connectivity index (χ1v) is 10.3. The molecule has 2 atom stereocenters. The number of aliphatic hydroxyl groups excluding tert-OH is 2. The fraction of sp³-hybridized carbons (Fsp3) is 0.952. The van der Waals surface area contributed by atoms with Crippen LogP contribution in [-0.2, 0) is 4.74 Å². The molecule has 0 spiro atoms. The van der Waals surface area contributed by atoms with Gasteiger partial charge < -0.3 is 19.8 Å². The first-order chi connectivity index (χ1) is 12.0. The fourth-order valence-electron chi connectivity index (χ4n) is 1.96. The highest BCUT2D eigenvalue weighted by molar-refractivity contribution is 5.69. The molecular weight excluding hydrogens is 330 g/mol.